The smallest absolute Gasteiger partial charge is 0.170 e. The number of allylic oxidation sites excluding steroid dienone is 10. The first-order valence-corrected chi connectivity index (χ1v) is 6.53. The molecule has 1 rings (SSSR count). The fourth-order valence-corrected chi connectivity index (χ4v) is 2.32. The van der Waals surface area contributed by atoms with E-state index in [-0.39, 0.29) is 11.7 Å². The Hall–Kier alpha value is -1.89. The Labute approximate surface area is 116 Å². The van der Waals surface area contributed by atoms with E-state index in [1.165, 1.54) is 0 Å². The SMILES string of the molecule is C=C\C=C/C=C(C)/C(=C\C)C1=C(C)C(=C)C(C)C1=O. The number of ketones is 1. The van der Waals surface area contributed by atoms with Crippen molar-refractivity contribution >= 4 is 5.78 Å². The summed E-state index contributed by atoms with van der Waals surface area (Å²) in [5, 5.41) is 0. The number of hydrogen-bond acceptors (Lipinski definition) is 1. The number of carbonyl (C=O) groups is 1. The highest BCUT2D eigenvalue weighted by molar-refractivity contribution is 6.08. The summed E-state index contributed by atoms with van der Waals surface area (Å²) in [5.74, 6) is 0.0810. The molecule has 1 aliphatic carbocycles. The van der Waals surface area contributed by atoms with Crippen LogP contribution in [-0.4, -0.2) is 5.78 Å². The second-order valence-electron chi connectivity index (χ2n) is 4.78. The van der Waals surface area contributed by atoms with Crippen molar-refractivity contribution in [2.24, 2.45) is 5.92 Å². The maximum atomic E-state index is 12.3. The molecular weight excluding hydrogens is 232 g/mol. The molecule has 1 aliphatic rings. The number of carbonyl (C=O) groups excluding carboxylic acids is 1. The van der Waals surface area contributed by atoms with Gasteiger partial charge in [0.05, 0.1) is 0 Å². The molecule has 100 valence electrons. The second-order valence-corrected chi connectivity index (χ2v) is 4.78. The average Bonchev–Trinajstić information content (AvgIpc) is 2.57. The Morgan fingerprint density at radius 1 is 1.32 bits per heavy atom. The van der Waals surface area contributed by atoms with Crippen LogP contribution in [0.25, 0.3) is 0 Å². The van der Waals surface area contributed by atoms with Gasteiger partial charge in [-0.15, -0.1) is 0 Å². The third-order valence-electron chi connectivity index (χ3n) is 3.60. The van der Waals surface area contributed by atoms with Crippen LogP contribution in [0.15, 0.2) is 71.4 Å². The highest BCUT2D eigenvalue weighted by Crippen LogP contribution is 2.37. The lowest BCUT2D eigenvalue weighted by molar-refractivity contribution is -0.116. The number of rotatable bonds is 4. The molecule has 0 saturated heterocycles. The van der Waals surface area contributed by atoms with E-state index in [1.54, 1.807) is 6.08 Å². The zero-order valence-corrected chi connectivity index (χ0v) is 12.3. The van der Waals surface area contributed by atoms with Gasteiger partial charge in [-0.3, -0.25) is 4.79 Å². The molecule has 0 fully saturated rings. The standard InChI is InChI=1S/C18H22O/c1-7-9-10-11-12(3)16(8-2)17-14(5)13(4)15(6)18(17)19/h7-11,15H,1,4H2,2-3,5-6H3/b10-9-,12-11+,16-8+. The molecule has 19 heavy (non-hydrogen) atoms. The van der Waals surface area contributed by atoms with Crippen molar-refractivity contribution in [3.63, 3.8) is 0 Å². The average molecular weight is 254 g/mol. The predicted octanol–water partition coefficient (Wildman–Crippen LogP) is 4.71. The lowest BCUT2D eigenvalue weighted by atomic mass is 9.94. The minimum Gasteiger partial charge on any atom is -0.293 e. The molecule has 0 bridgehead atoms. The van der Waals surface area contributed by atoms with Gasteiger partial charge < -0.3 is 0 Å². The Morgan fingerprint density at radius 3 is 2.37 bits per heavy atom. The molecule has 0 spiro atoms. The molecule has 0 N–H and O–H groups in total. The van der Waals surface area contributed by atoms with Gasteiger partial charge >= 0.3 is 0 Å². The number of Topliss-reactive ketones (excluding diaryl/α,β-unsaturated/α-hetero) is 1. The molecule has 1 nitrogen and oxygen atoms in total. The first-order chi connectivity index (χ1) is 8.95. The molecule has 0 radical (unpaired) electrons. The zero-order chi connectivity index (χ0) is 14.6. The predicted molar refractivity (Wildman–Crippen MR) is 82.9 cm³/mol. The lowest BCUT2D eigenvalue weighted by Gasteiger charge is -2.09. The molecule has 1 heteroatoms. The van der Waals surface area contributed by atoms with Crippen LogP contribution in [0.3, 0.4) is 0 Å². The van der Waals surface area contributed by atoms with Gasteiger partial charge in [0.15, 0.2) is 5.78 Å². The molecule has 0 aromatic rings. The Bertz CT molecular complexity index is 536. The van der Waals surface area contributed by atoms with E-state index in [9.17, 15) is 4.79 Å². The van der Waals surface area contributed by atoms with Crippen molar-refractivity contribution in [1.82, 2.24) is 0 Å². The van der Waals surface area contributed by atoms with Crippen LogP contribution in [0.4, 0.5) is 0 Å². The molecule has 0 amide bonds. The largest absolute Gasteiger partial charge is 0.293 e. The Balaban J connectivity index is 3.23. The first-order valence-electron chi connectivity index (χ1n) is 6.53. The van der Waals surface area contributed by atoms with Crippen LogP contribution in [0.2, 0.25) is 0 Å². The minimum absolute atomic E-state index is 0.0959. The van der Waals surface area contributed by atoms with Gasteiger partial charge in [-0.2, -0.15) is 0 Å². The van der Waals surface area contributed by atoms with Crippen LogP contribution in [0.1, 0.15) is 27.7 Å². The second kappa shape index (κ2) is 6.33. The number of hydrogen-bond donors (Lipinski definition) is 0. The zero-order valence-electron chi connectivity index (χ0n) is 12.3. The summed E-state index contributed by atoms with van der Waals surface area (Å²) >= 11 is 0. The van der Waals surface area contributed by atoms with Crippen LogP contribution >= 0.6 is 0 Å². The lowest BCUT2D eigenvalue weighted by Crippen LogP contribution is -2.09. The van der Waals surface area contributed by atoms with E-state index in [4.69, 9.17) is 0 Å². The third-order valence-corrected chi connectivity index (χ3v) is 3.60. The van der Waals surface area contributed by atoms with Crippen LogP contribution in [0.5, 0.6) is 0 Å². The van der Waals surface area contributed by atoms with E-state index < -0.39 is 0 Å². The van der Waals surface area contributed by atoms with E-state index in [0.717, 1.165) is 27.9 Å². The van der Waals surface area contributed by atoms with Crippen molar-refractivity contribution in [3.05, 3.63) is 71.4 Å². The molecule has 0 aliphatic heterocycles. The van der Waals surface area contributed by atoms with E-state index in [2.05, 4.69) is 13.2 Å². The van der Waals surface area contributed by atoms with E-state index in [1.807, 2.05) is 52.0 Å². The summed E-state index contributed by atoms with van der Waals surface area (Å²) in [6.07, 6.45) is 9.52. The monoisotopic (exact) mass is 254 g/mol. The summed E-state index contributed by atoms with van der Waals surface area (Å²) in [6, 6.07) is 0. The van der Waals surface area contributed by atoms with Crippen LogP contribution < -0.4 is 0 Å². The molecule has 0 heterocycles. The van der Waals surface area contributed by atoms with Gasteiger partial charge in [0.25, 0.3) is 0 Å². The van der Waals surface area contributed by atoms with Gasteiger partial charge in [-0.05, 0) is 43.1 Å². The van der Waals surface area contributed by atoms with Gasteiger partial charge in [-0.1, -0.05) is 50.5 Å². The maximum Gasteiger partial charge on any atom is 0.170 e. The highest BCUT2D eigenvalue weighted by atomic mass is 16.1. The summed E-state index contributed by atoms with van der Waals surface area (Å²) in [4.78, 5) is 12.3. The van der Waals surface area contributed by atoms with Crippen molar-refractivity contribution in [2.45, 2.75) is 27.7 Å². The Kier molecular flexibility index (Phi) is 5.05. The fraction of sp³-hybridized carbons (Fsp3) is 0.278. The van der Waals surface area contributed by atoms with Crippen LogP contribution in [-0.2, 0) is 4.79 Å². The minimum atomic E-state index is -0.0959. The quantitative estimate of drug-likeness (QED) is 0.664. The summed E-state index contributed by atoms with van der Waals surface area (Å²) < 4.78 is 0. The molecule has 0 aromatic heterocycles. The highest BCUT2D eigenvalue weighted by Gasteiger charge is 2.32. The van der Waals surface area contributed by atoms with Gasteiger partial charge in [0.1, 0.15) is 0 Å². The summed E-state index contributed by atoms with van der Waals surface area (Å²) in [5.41, 5.74) is 4.85. The van der Waals surface area contributed by atoms with E-state index >= 15 is 0 Å². The van der Waals surface area contributed by atoms with Crippen molar-refractivity contribution in [1.29, 1.82) is 0 Å². The topological polar surface area (TPSA) is 17.1 Å². The molecular formula is C18H22O. The molecule has 0 saturated carbocycles. The van der Waals surface area contributed by atoms with Crippen molar-refractivity contribution in [3.8, 4) is 0 Å². The maximum absolute atomic E-state index is 12.3. The first kappa shape index (κ1) is 15.2. The molecule has 1 atom stereocenters. The van der Waals surface area contributed by atoms with E-state index in [0.29, 0.717) is 0 Å². The third kappa shape index (κ3) is 2.93. The van der Waals surface area contributed by atoms with Gasteiger partial charge in [-0.25, -0.2) is 0 Å². The normalized spacial score (nSPS) is 21.8. The summed E-state index contributed by atoms with van der Waals surface area (Å²) in [6.45, 7) is 15.5. The van der Waals surface area contributed by atoms with Crippen molar-refractivity contribution < 1.29 is 4.79 Å². The molecule has 1 unspecified atom stereocenters. The fourth-order valence-electron chi connectivity index (χ4n) is 2.32. The van der Waals surface area contributed by atoms with Gasteiger partial charge in [0, 0.05) is 11.5 Å². The van der Waals surface area contributed by atoms with Crippen LogP contribution in [0, 0.1) is 5.92 Å². The summed E-state index contributed by atoms with van der Waals surface area (Å²) in [7, 11) is 0. The van der Waals surface area contributed by atoms with Gasteiger partial charge in [0.2, 0.25) is 0 Å². The molecule has 0 aromatic carbocycles. The van der Waals surface area contributed by atoms with Crippen molar-refractivity contribution in [2.75, 3.05) is 0 Å². The Morgan fingerprint density at radius 2 is 1.95 bits per heavy atom.